The van der Waals surface area contributed by atoms with Gasteiger partial charge in [0.2, 0.25) is 10.0 Å². The summed E-state index contributed by atoms with van der Waals surface area (Å²) >= 11 is 3.21. The summed E-state index contributed by atoms with van der Waals surface area (Å²) in [6, 6.07) is 5.34. The molecule has 1 aromatic rings. The highest BCUT2D eigenvalue weighted by atomic mass is 79.9. The Morgan fingerprint density at radius 2 is 2.00 bits per heavy atom. The van der Waals surface area contributed by atoms with E-state index in [1.54, 1.807) is 12.1 Å². The molecule has 0 aromatic heterocycles. The molecule has 1 atom stereocenters. The van der Waals surface area contributed by atoms with Gasteiger partial charge in [0.1, 0.15) is 0 Å². The van der Waals surface area contributed by atoms with Gasteiger partial charge in [-0.2, -0.15) is 0 Å². The SMILES string of the molecule is CC(NS(=O)(=O)c1ccc(Br)cc1)/C(N)=N/O. The summed E-state index contributed by atoms with van der Waals surface area (Å²) in [7, 11) is -3.67. The number of hydrogen-bond donors (Lipinski definition) is 3. The minimum absolute atomic E-state index is 0.110. The number of sulfonamides is 1. The zero-order chi connectivity index (χ0) is 13.1. The van der Waals surface area contributed by atoms with Crippen LogP contribution in [0.1, 0.15) is 6.92 Å². The highest BCUT2D eigenvalue weighted by molar-refractivity contribution is 9.10. The molecule has 0 amide bonds. The summed E-state index contributed by atoms with van der Waals surface area (Å²) < 4.78 is 26.8. The van der Waals surface area contributed by atoms with E-state index in [1.165, 1.54) is 19.1 Å². The maximum absolute atomic E-state index is 11.9. The predicted octanol–water partition coefficient (Wildman–Crippen LogP) is 0.862. The molecule has 0 aliphatic heterocycles. The van der Waals surface area contributed by atoms with Gasteiger partial charge in [-0.3, -0.25) is 0 Å². The Kier molecular flexibility index (Phi) is 4.49. The number of nitrogens with zero attached hydrogens (tertiary/aromatic N) is 1. The normalized spacial score (nSPS) is 14.6. The predicted molar refractivity (Wildman–Crippen MR) is 67.3 cm³/mol. The molecule has 0 radical (unpaired) electrons. The molecule has 0 spiro atoms. The molecule has 1 aromatic carbocycles. The van der Waals surface area contributed by atoms with Crippen molar-refractivity contribution < 1.29 is 13.6 Å². The van der Waals surface area contributed by atoms with Crippen molar-refractivity contribution >= 4 is 31.8 Å². The Bertz CT molecular complexity index is 513. The highest BCUT2D eigenvalue weighted by Gasteiger charge is 2.19. The monoisotopic (exact) mass is 321 g/mol. The van der Waals surface area contributed by atoms with Gasteiger partial charge in [-0.25, -0.2) is 13.1 Å². The van der Waals surface area contributed by atoms with Crippen LogP contribution in [0.15, 0.2) is 38.8 Å². The van der Waals surface area contributed by atoms with Crippen LogP contribution >= 0.6 is 15.9 Å². The van der Waals surface area contributed by atoms with Crippen molar-refractivity contribution in [1.29, 1.82) is 0 Å². The fourth-order valence-electron chi connectivity index (χ4n) is 1.06. The quantitative estimate of drug-likeness (QED) is 0.331. The first-order chi connectivity index (χ1) is 7.86. The lowest BCUT2D eigenvalue weighted by Gasteiger charge is -2.12. The molecule has 1 unspecified atom stereocenters. The number of rotatable bonds is 4. The van der Waals surface area contributed by atoms with E-state index < -0.39 is 16.1 Å². The number of oxime groups is 1. The lowest BCUT2D eigenvalue weighted by molar-refractivity contribution is 0.316. The van der Waals surface area contributed by atoms with Crippen LogP contribution in [0.4, 0.5) is 0 Å². The summed E-state index contributed by atoms with van der Waals surface area (Å²) in [4.78, 5) is 0.110. The van der Waals surface area contributed by atoms with Gasteiger partial charge in [0.15, 0.2) is 5.84 Å². The van der Waals surface area contributed by atoms with Crippen LogP contribution in [0, 0.1) is 0 Å². The Morgan fingerprint density at radius 1 is 1.47 bits per heavy atom. The van der Waals surface area contributed by atoms with Gasteiger partial charge in [-0.15, -0.1) is 0 Å². The molecule has 4 N–H and O–H groups in total. The third-order valence-electron chi connectivity index (χ3n) is 2.01. The molecule has 0 aliphatic rings. The molecule has 0 aliphatic carbocycles. The van der Waals surface area contributed by atoms with Gasteiger partial charge in [-0.05, 0) is 31.2 Å². The summed E-state index contributed by atoms with van der Waals surface area (Å²) in [6.45, 7) is 1.48. The average Bonchev–Trinajstić information content (AvgIpc) is 2.27. The minimum atomic E-state index is -3.67. The van der Waals surface area contributed by atoms with Crippen molar-refractivity contribution in [3.05, 3.63) is 28.7 Å². The Balaban J connectivity index is 2.93. The molecule has 6 nitrogen and oxygen atoms in total. The number of benzene rings is 1. The summed E-state index contributed by atoms with van der Waals surface area (Å²) in [6.07, 6.45) is 0. The molecule has 0 saturated heterocycles. The topological polar surface area (TPSA) is 105 Å². The first-order valence-electron chi connectivity index (χ1n) is 4.62. The van der Waals surface area contributed by atoms with E-state index in [9.17, 15) is 8.42 Å². The van der Waals surface area contributed by atoms with E-state index in [0.717, 1.165) is 4.47 Å². The zero-order valence-electron chi connectivity index (χ0n) is 8.96. The molecule has 1 rings (SSSR count). The number of halogens is 1. The van der Waals surface area contributed by atoms with E-state index >= 15 is 0 Å². The van der Waals surface area contributed by atoms with E-state index in [0.29, 0.717) is 0 Å². The number of nitrogens with one attached hydrogen (secondary N) is 1. The maximum Gasteiger partial charge on any atom is 0.241 e. The van der Waals surface area contributed by atoms with Crippen LogP contribution in [0.2, 0.25) is 0 Å². The first kappa shape index (κ1) is 13.9. The minimum Gasteiger partial charge on any atom is -0.409 e. The molecule has 94 valence electrons. The van der Waals surface area contributed by atoms with Crippen molar-refractivity contribution in [2.45, 2.75) is 17.9 Å². The average molecular weight is 322 g/mol. The molecule has 17 heavy (non-hydrogen) atoms. The molecule has 0 saturated carbocycles. The van der Waals surface area contributed by atoms with Gasteiger partial charge in [0.05, 0.1) is 10.9 Å². The third-order valence-corrected chi connectivity index (χ3v) is 4.10. The highest BCUT2D eigenvalue weighted by Crippen LogP contribution is 2.14. The summed E-state index contributed by atoms with van der Waals surface area (Å²) in [5, 5.41) is 11.2. The van der Waals surface area contributed by atoms with Crippen molar-refractivity contribution in [1.82, 2.24) is 4.72 Å². The van der Waals surface area contributed by atoms with Crippen molar-refractivity contribution in [2.75, 3.05) is 0 Å². The lowest BCUT2D eigenvalue weighted by Crippen LogP contribution is -2.42. The second-order valence-corrected chi connectivity index (χ2v) is 5.95. The standard InChI is InChI=1S/C9H12BrN3O3S/c1-6(9(11)12-14)13-17(15,16)8-4-2-7(10)3-5-8/h2-6,13-14H,1H3,(H2,11,12). The Hall–Kier alpha value is -1.12. The maximum atomic E-state index is 11.9. The second kappa shape index (κ2) is 5.48. The molecule has 0 bridgehead atoms. The van der Waals surface area contributed by atoms with Gasteiger partial charge in [0.25, 0.3) is 0 Å². The van der Waals surface area contributed by atoms with Crippen LogP contribution < -0.4 is 10.5 Å². The summed E-state index contributed by atoms with van der Waals surface area (Å²) in [5.41, 5.74) is 5.29. The van der Waals surface area contributed by atoms with Crippen molar-refractivity contribution in [3.8, 4) is 0 Å². The van der Waals surface area contributed by atoms with Crippen LogP contribution in [-0.4, -0.2) is 25.5 Å². The largest absolute Gasteiger partial charge is 0.409 e. The third kappa shape index (κ3) is 3.69. The van der Waals surface area contributed by atoms with E-state index in [-0.39, 0.29) is 10.7 Å². The second-order valence-electron chi connectivity index (χ2n) is 3.32. The number of hydrogen-bond acceptors (Lipinski definition) is 4. The van der Waals surface area contributed by atoms with Gasteiger partial charge < -0.3 is 10.9 Å². The first-order valence-corrected chi connectivity index (χ1v) is 6.90. The smallest absolute Gasteiger partial charge is 0.241 e. The van der Waals surface area contributed by atoms with Gasteiger partial charge >= 0.3 is 0 Å². The van der Waals surface area contributed by atoms with Crippen LogP contribution in [0.5, 0.6) is 0 Å². The molecular formula is C9H12BrN3O3S. The number of nitrogens with two attached hydrogens (primary N) is 1. The zero-order valence-corrected chi connectivity index (χ0v) is 11.4. The van der Waals surface area contributed by atoms with Crippen LogP contribution in [0.25, 0.3) is 0 Å². The molecule has 8 heteroatoms. The Labute approximate surface area is 108 Å². The molecule has 0 fully saturated rings. The van der Waals surface area contributed by atoms with E-state index in [1.807, 2.05) is 0 Å². The lowest BCUT2D eigenvalue weighted by atomic mass is 10.3. The fourth-order valence-corrected chi connectivity index (χ4v) is 2.54. The van der Waals surface area contributed by atoms with Gasteiger partial charge in [-0.1, -0.05) is 21.1 Å². The van der Waals surface area contributed by atoms with Crippen molar-refractivity contribution in [2.24, 2.45) is 10.9 Å². The van der Waals surface area contributed by atoms with Gasteiger partial charge in [0, 0.05) is 4.47 Å². The van der Waals surface area contributed by atoms with Crippen LogP contribution in [0.3, 0.4) is 0 Å². The van der Waals surface area contributed by atoms with E-state index in [2.05, 4.69) is 25.8 Å². The summed E-state index contributed by atoms with van der Waals surface area (Å²) in [5.74, 6) is -0.203. The molecular weight excluding hydrogens is 310 g/mol. The van der Waals surface area contributed by atoms with Crippen molar-refractivity contribution in [3.63, 3.8) is 0 Å². The fraction of sp³-hybridized carbons (Fsp3) is 0.222. The van der Waals surface area contributed by atoms with E-state index in [4.69, 9.17) is 10.9 Å². The Morgan fingerprint density at radius 3 is 2.47 bits per heavy atom. The molecule has 0 heterocycles. The van der Waals surface area contributed by atoms with Crippen LogP contribution in [-0.2, 0) is 10.0 Å². The number of amidine groups is 1.